The number of nitrogens with zero attached hydrogens (tertiary/aromatic N) is 1. The second kappa shape index (κ2) is 3.79. The third-order valence-corrected chi connectivity index (χ3v) is 1.43. The molecular weight excluding hydrogens is 157 g/mol. The predicted molar refractivity (Wildman–Crippen MR) is 43.0 cm³/mol. The smallest absolute Gasteiger partial charge is 0.211 e. The van der Waals surface area contributed by atoms with Crippen molar-refractivity contribution in [3.8, 4) is 0 Å². The zero-order valence-corrected chi connectivity index (χ0v) is 6.67. The van der Waals surface area contributed by atoms with Crippen molar-refractivity contribution in [3.63, 3.8) is 0 Å². The molecule has 0 saturated heterocycles. The summed E-state index contributed by atoms with van der Waals surface area (Å²) in [5.41, 5.74) is 1.52. The van der Waals surface area contributed by atoms with Crippen LogP contribution in [0.1, 0.15) is 11.1 Å². The van der Waals surface area contributed by atoms with Crippen LogP contribution < -0.4 is 0 Å². The number of hydrogen-bond donors (Lipinski definition) is 0. The third kappa shape index (κ3) is 2.29. The van der Waals surface area contributed by atoms with Crippen molar-refractivity contribution in [2.45, 2.75) is 13.5 Å². The molecule has 0 saturated carbocycles. The summed E-state index contributed by atoms with van der Waals surface area (Å²) in [6.07, 6.45) is 1.41. The van der Waals surface area contributed by atoms with Gasteiger partial charge in [0.2, 0.25) is 6.08 Å². The lowest BCUT2D eigenvalue weighted by Gasteiger charge is -1.97. The zero-order valence-electron chi connectivity index (χ0n) is 6.67. The molecule has 0 aromatic heterocycles. The molecule has 0 atom stereocenters. The van der Waals surface area contributed by atoms with Gasteiger partial charge in [0.15, 0.2) is 0 Å². The Morgan fingerprint density at radius 3 is 2.83 bits per heavy atom. The molecule has 0 unspecified atom stereocenters. The van der Waals surface area contributed by atoms with Crippen molar-refractivity contribution < 1.29 is 9.18 Å². The van der Waals surface area contributed by atoms with E-state index in [-0.39, 0.29) is 12.4 Å². The molecule has 3 heteroatoms. The molecule has 0 aliphatic heterocycles. The van der Waals surface area contributed by atoms with Gasteiger partial charge in [0, 0.05) is 0 Å². The van der Waals surface area contributed by atoms with Crippen molar-refractivity contribution in [3.05, 3.63) is 35.1 Å². The SMILES string of the molecule is Cc1cc(F)cc(CN=C=O)c1. The van der Waals surface area contributed by atoms with Crippen LogP contribution in [0.4, 0.5) is 4.39 Å². The summed E-state index contributed by atoms with van der Waals surface area (Å²) < 4.78 is 12.7. The van der Waals surface area contributed by atoms with Gasteiger partial charge in [-0.1, -0.05) is 6.07 Å². The van der Waals surface area contributed by atoms with Crippen LogP contribution >= 0.6 is 0 Å². The van der Waals surface area contributed by atoms with Gasteiger partial charge in [-0.15, -0.1) is 0 Å². The first-order valence-electron chi connectivity index (χ1n) is 3.52. The molecule has 2 nitrogen and oxygen atoms in total. The molecule has 1 aromatic rings. The molecule has 12 heavy (non-hydrogen) atoms. The number of carbonyl (C=O) groups excluding carboxylic acids is 1. The summed E-state index contributed by atoms with van der Waals surface area (Å²) >= 11 is 0. The number of halogens is 1. The minimum atomic E-state index is -0.300. The van der Waals surface area contributed by atoms with Crippen molar-refractivity contribution in [2.24, 2.45) is 4.99 Å². The molecule has 0 N–H and O–H groups in total. The highest BCUT2D eigenvalue weighted by Crippen LogP contribution is 2.08. The number of aliphatic imine (C=N–C) groups is 1. The first-order chi connectivity index (χ1) is 5.72. The van der Waals surface area contributed by atoms with Gasteiger partial charge in [-0.05, 0) is 30.2 Å². The lowest BCUT2D eigenvalue weighted by molar-refractivity contribution is 0.562. The Balaban J connectivity index is 2.92. The van der Waals surface area contributed by atoms with Crippen LogP contribution in [0.2, 0.25) is 0 Å². The van der Waals surface area contributed by atoms with Crippen LogP contribution in [-0.2, 0) is 11.3 Å². The Morgan fingerprint density at radius 1 is 1.50 bits per heavy atom. The second-order valence-corrected chi connectivity index (χ2v) is 2.54. The number of isocyanates is 1. The highest BCUT2D eigenvalue weighted by molar-refractivity contribution is 5.34. The highest BCUT2D eigenvalue weighted by Gasteiger charge is 1.96. The van der Waals surface area contributed by atoms with Crippen molar-refractivity contribution >= 4 is 6.08 Å². The standard InChI is InChI=1S/C9H8FNO/c1-7-2-8(5-11-6-12)4-9(10)3-7/h2-4H,5H2,1H3. The molecule has 0 bridgehead atoms. The summed E-state index contributed by atoms with van der Waals surface area (Å²) in [5, 5.41) is 0. The second-order valence-electron chi connectivity index (χ2n) is 2.54. The van der Waals surface area contributed by atoms with Crippen LogP contribution in [0.3, 0.4) is 0 Å². The Morgan fingerprint density at radius 2 is 2.25 bits per heavy atom. The largest absolute Gasteiger partial charge is 0.235 e. The Bertz CT molecular complexity index is 309. The maximum absolute atomic E-state index is 12.7. The van der Waals surface area contributed by atoms with Gasteiger partial charge >= 0.3 is 0 Å². The van der Waals surface area contributed by atoms with Gasteiger partial charge in [-0.25, -0.2) is 14.2 Å². The van der Waals surface area contributed by atoms with E-state index in [1.807, 2.05) is 0 Å². The first kappa shape index (κ1) is 8.62. The molecule has 0 heterocycles. The molecule has 0 radical (unpaired) electrons. The van der Waals surface area contributed by atoms with Crippen LogP contribution in [0, 0.1) is 12.7 Å². The molecule has 1 aromatic carbocycles. The van der Waals surface area contributed by atoms with Crippen LogP contribution in [0.25, 0.3) is 0 Å². The molecule has 0 fully saturated rings. The van der Waals surface area contributed by atoms with E-state index in [4.69, 9.17) is 0 Å². The average Bonchev–Trinajstić information content (AvgIpc) is 1.99. The first-order valence-corrected chi connectivity index (χ1v) is 3.52. The van der Waals surface area contributed by atoms with Gasteiger partial charge in [-0.2, -0.15) is 0 Å². The molecule has 1 rings (SSSR count). The zero-order chi connectivity index (χ0) is 8.97. The van der Waals surface area contributed by atoms with Gasteiger partial charge in [0.25, 0.3) is 0 Å². The fourth-order valence-corrected chi connectivity index (χ4v) is 1.03. The van der Waals surface area contributed by atoms with Crippen LogP contribution in [0.5, 0.6) is 0 Å². The van der Waals surface area contributed by atoms with Crippen molar-refractivity contribution in [2.75, 3.05) is 0 Å². The van der Waals surface area contributed by atoms with Crippen molar-refractivity contribution in [1.82, 2.24) is 0 Å². The van der Waals surface area contributed by atoms with Crippen LogP contribution in [-0.4, -0.2) is 6.08 Å². The quantitative estimate of drug-likeness (QED) is 0.486. The monoisotopic (exact) mass is 165 g/mol. The molecular formula is C9H8FNO. The van der Waals surface area contributed by atoms with E-state index in [0.29, 0.717) is 5.56 Å². The maximum atomic E-state index is 12.7. The number of aryl methyl sites for hydroxylation is 1. The molecule has 0 amide bonds. The minimum Gasteiger partial charge on any atom is -0.211 e. The van der Waals surface area contributed by atoms with E-state index in [1.54, 1.807) is 13.0 Å². The molecule has 0 aliphatic rings. The summed E-state index contributed by atoms with van der Waals surface area (Å²) in [7, 11) is 0. The van der Waals surface area contributed by atoms with Crippen LogP contribution in [0.15, 0.2) is 23.2 Å². The Kier molecular flexibility index (Phi) is 2.72. The lowest BCUT2D eigenvalue weighted by atomic mass is 10.1. The van der Waals surface area contributed by atoms with E-state index in [1.165, 1.54) is 18.2 Å². The van der Waals surface area contributed by atoms with Gasteiger partial charge < -0.3 is 0 Å². The summed E-state index contributed by atoms with van der Waals surface area (Å²) in [6, 6.07) is 4.56. The number of hydrogen-bond acceptors (Lipinski definition) is 2. The fraction of sp³-hybridized carbons (Fsp3) is 0.222. The van der Waals surface area contributed by atoms with E-state index < -0.39 is 0 Å². The summed E-state index contributed by atoms with van der Waals surface area (Å²) in [5.74, 6) is -0.300. The van der Waals surface area contributed by atoms with Gasteiger partial charge in [-0.3, -0.25) is 0 Å². The fourth-order valence-electron chi connectivity index (χ4n) is 1.03. The molecule has 0 aliphatic carbocycles. The maximum Gasteiger partial charge on any atom is 0.235 e. The summed E-state index contributed by atoms with van der Waals surface area (Å²) in [6.45, 7) is 1.99. The molecule has 0 spiro atoms. The average molecular weight is 165 g/mol. The topological polar surface area (TPSA) is 29.4 Å². The minimum absolute atomic E-state index is 0.197. The number of benzene rings is 1. The van der Waals surface area contributed by atoms with Gasteiger partial charge in [0.1, 0.15) is 5.82 Å². The Labute approximate surface area is 69.7 Å². The van der Waals surface area contributed by atoms with E-state index in [9.17, 15) is 9.18 Å². The normalized spacial score (nSPS) is 9.17. The van der Waals surface area contributed by atoms with E-state index in [0.717, 1.165) is 5.56 Å². The van der Waals surface area contributed by atoms with E-state index >= 15 is 0 Å². The van der Waals surface area contributed by atoms with E-state index in [2.05, 4.69) is 4.99 Å². The van der Waals surface area contributed by atoms with Crippen molar-refractivity contribution in [1.29, 1.82) is 0 Å². The predicted octanol–water partition coefficient (Wildman–Crippen LogP) is 1.97. The molecule has 62 valence electrons. The lowest BCUT2D eigenvalue weighted by Crippen LogP contribution is -1.85. The number of rotatable bonds is 2. The summed E-state index contributed by atoms with van der Waals surface area (Å²) in [4.78, 5) is 13.1. The van der Waals surface area contributed by atoms with Gasteiger partial charge in [0.05, 0.1) is 6.54 Å². The Hall–Kier alpha value is -1.47. The third-order valence-electron chi connectivity index (χ3n) is 1.43. The highest BCUT2D eigenvalue weighted by atomic mass is 19.1.